The predicted octanol–water partition coefficient (Wildman–Crippen LogP) is 2.56. The number of carbonyl (C=O) groups excluding carboxylic acids is 3. The lowest BCUT2D eigenvalue weighted by Gasteiger charge is -2.24. The molecule has 1 unspecified atom stereocenters. The average Bonchev–Trinajstić information content (AvgIpc) is 3.24. The third-order valence-corrected chi connectivity index (χ3v) is 6.92. The van der Waals surface area contributed by atoms with E-state index in [4.69, 9.17) is 24.3 Å². The minimum absolute atomic E-state index is 0.0522. The van der Waals surface area contributed by atoms with Gasteiger partial charge in [0.05, 0.1) is 25.4 Å². The summed E-state index contributed by atoms with van der Waals surface area (Å²) in [5.74, 6) is 0.184. The first-order valence-electron chi connectivity index (χ1n) is 11.4. The maximum Gasteiger partial charge on any atom is 0.320 e. The molecule has 0 aromatic heterocycles. The Morgan fingerprint density at radius 2 is 2.03 bits per heavy atom. The van der Waals surface area contributed by atoms with Crippen LogP contribution in [-0.4, -0.2) is 79.2 Å². The number of rotatable bonds is 15. The van der Waals surface area contributed by atoms with Crippen molar-refractivity contribution in [3.63, 3.8) is 0 Å². The second kappa shape index (κ2) is 16.2. The molecule has 1 aliphatic rings. The van der Waals surface area contributed by atoms with Crippen LogP contribution in [0.2, 0.25) is 0 Å². The molecule has 0 aliphatic carbocycles. The summed E-state index contributed by atoms with van der Waals surface area (Å²) in [5.41, 5.74) is 5.16. The molecule has 11 nitrogen and oxygen atoms in total. The molecule has 1 amide bonds. The third-order valence-electron chi connectivity index (χ3n) is 4.46. The first-order valence-corrected chi connectivity index (χ1v) is 13.6. The molecule has 1 fully saturated rings. The zero-order valence-electron chi connectivity index (χ0n) is 21.4. The van der Waals surface area contributed by atoms with E-state index < -0.39 is 19.9 Å². The van der Waals surface area contributed by atoms with Crippen LogP contribution in [0.15, 0.2) is 17.3 Å². The molecule has 1 rings (SSSR count). The third kappa shape index (κ3) is 13.9. The van der Waals surface area contributed by atoms with Crippen molar-refractivity contribution < 1.29 is 32.9 Å². The monoisotopic (exact) mass is 534 g/mol. The van der Waals surface area contributed by atoms with Crippen molar-refractivity contribution in [3.8, 4) is 0 Å². The SMILES string of the molecule is CC(C)OC(=O)CNP(OCCSC(=O)C(C)(C)C)OC[C@@H]1CC[C@H](N(C)/C=C\C(N)=N/C=O)O1. The zero-order valence-corrected chi connectivity index (χ0v) is 23.1. The van der Waals surface area contributed by atoms with E-state index in [-0.39, 0.29) is 49.1 Å². The number of thioether (sulfide) groups is 1. The first kappa shape index (κ1) is 31.5. The Hall–Kier alpha value is -1.56. The van der Waals surface area contributed by atoms with Crippen LogP contribution >= 0.6 is 20.3 Å². The summed E-state index contributed by atoms with van der Waals surface area (Å²) >= 11 is 1.21. The maximum atomic E-state index is 12.1. The lowest BCUT2D eigenvalue weighted by Crippen LogP contribution is -2.29. The summed E-state index contributed by atoms with van der Waals surface area (Å²) in [6.45, 7) is 9.68. The van der Waals surface area contributed by atoms with Gasteiger partial charge in [-0.1, -0.05) is 32.5 Å². The van der Waals surface area contributed by atoms with Crippen LogP contribution in [-0.2, 0) is 32.9 Å². The van der Waals surface area contributed by atoms with E-state index in [2.05, 4.69) is 10.1 Å². The van der Waals surface area contributed by atoms with Crippen molar-refractivity contribution in [1.82, 2.24) is 9.99 Å². The van der Waals surface area contributed by atoms with Crippen LogP contribution < -0.4 is 10.8 Å². The highest BCUT2D eigenvalue weighted by Gasteiger charge is 2.29. The van der Waals surface area contributed by atoms with E-state index in [9.17, 15) is 14.4 Å². The molecule has 1 aliphatic heterocycles. The summed E-state index contributed by atoms with van der Waals surface area (Å²) in [6, 6.07) is 0. The van der Waals surface area contributed by atoms with Gasteiger partial charge in [0.25, 0.3) is 8.53 Å². The molecule has 0 aromatic rings. The van der Waals surface area contributed by atoms with Gasteiger partial charge in [-0.25, -0.2) is 5.09 Å². The quantitative estimate of drug-likeness (QED) is 0.0799. The van der Waals surface area contributed by atoms with E-state index in [1.165, 1.54) is 17.8 Å². The van der Waals surface area contributed by atoms with Crippen LogP contribution in [0, 0.1) is 5.41 Å². The minimum Gasteiger partial charge on any atom is -0.462 e. The topological polar surface area (TPSA) is 142 Å². The van der Waals surface area contributed by atoms with Crippen LogP contribution in [0.4, 0.5) is 0 Å². The van der Waals surface area contributed by atoms with Crippen molar-refractivity contribution in [1.29, 1.82) is 0 Å². The number of ether oxygens (including phenoxy) is 2. The average molecular weight is 535 g/mol. The molecule has 0 bridgehead atoms. The fourth-order valence-electron chi connectivity index (χ4n) is 2.69. The fraction of sp³-hybridized carbons (Fsp3) is 0.727. The Balaban J connectivity index is 2.54. The molecule has 1 saturated heterocycles. The van der Waals surface area contributed by atoms with Gasteiger partial charge in [0, 0.05) is 24.4 Å². The fourth-order valence-corrected chi connectivity index (χ4v) is 4.67. The summed E-state index contributed by atoms with van der Waals surface area (Å²) in [4.78, 5) is 39.6. The highest BCUT2D eigenvalue weighted by molar-refractivity contribution is 8.13. The van der Waals surface area contributed by atoms with Crippen molar-refractivity contribution in [2.45, 2.75) is 65.9 Å². The summed E-state index contributed by atoms with van der Waals surface area (Å²) in [7, 11) is 0.249. The van der Waals surface area contributed by atoms with Crippen LogP contribution in [0.3, 0.4) is 0 Å². The van der Waals surface area contributed by atoms with E-state index in [1.807, 2.05) is 32.7 Å². The molecule has 1 heterocycles. The van der Waals surface area contributed by atoms with Gasteiger partial charge in [-0.15, -0.1) is 0 Å². The minimum atomic E-state index is -1.59. The van der Waals surface area contributed by atoms with Gasteiger partial charge in [-0.2, -0.15) is 4.99 Å². The lowest BCUT2D eigenvalue weighted by atomic mass is 10.00. The number of carbonyl (C=O) groups is 3. The van der Waals surface area contributed by atoms with Gasteiger partial charge >= 0.3 is 5.97 Å². The molecule has 0 spiro atoms. The summed E-state index contributed by atoms with van der Waals surface area (Å²) in [6.07, 6.45) is 4.61. The zero-order chi connectivity index (χ0) is 26.4. The molecule has 3 N–H and O–H groups in total. The van der Waals surface area contributed by atoms with Gasteiger partial charge in [-0.05, 0) is 32.8 Å². The summed E-state index contributed by atoms with van der Waals surface area (Å²) in [5, 5.41) is 3.05. The molecule has 13 heteroatoms. The van der Waals surface area contributed by atoms with E-state index in [1.54, 1.807) is 20.0 Å². The van der Waals surface area contributed by atoms with Crippen LogP contribution in [0.25, 0.3) is 0 Å². The van der Waals surface area contributed by atoms with Crippen molar-refractivity contribution in [2.75, 3.05) is 32.6 Å². The summed E-state index contributed by atoms with van der Waals surface area (Å²) < 4.78 is 22.9. The molecule has 200 valence electrons. The van der Waals surface area contributed by atoms with Gasteiger partial charge in [0.1, 0.15) is 18.6 Å². The number of hydrogen-bond donors (Lipinski definition) is 2. The number of esters is 1. The van der Waals surface area contributed by atoms with Gasteiger partial charge in [0.15, 0.2) is 5.12 Å². The Morgan fingerprint density at radius 3 is 2.66 bits per heavy atom. The normalized spacial score (nSPS) is 19.8. The number of aliphatic imine (C=N–C) groups is 1. The van der Waals surface area contributed by atoms with Crippen molar-refractivity contribution in [2.24, 2.45) is 16.1 Å². The largest absolute Gasteiger partial charge is 0.462 e. The smallest absolute Gasteiger partial charge is 0.320 e. The number of nitrogens with zero attached hydrogens (tertiary/aromatic N) is 2. The second-order valence-electron chi connectivity index (χ2n) is 9.08. The van der Waals surface area contributed by atoms with Crippen LogP contribution in [0.1, 0.15) is 47.5 Å². The van der Waals surface area contributed by atoms with Crippen molar-refractivity contribution in [3.05, 3.63) is 12.3 Å². The molecule has 0 radical (unpaired) electrons. The standard InChI is InChI=1S/C22H39N4O7PS/c1-16(2)32-20(28)13-25-34(30-11-12-35-21(29)22(3,4)5)31-14-17-7-8-19(33-17)26(6)10-9-18(23)24-15-27/h9-10,15-17,19,25H,7-8,11-14H2,1-6H3,(H2,23,24,27)/b10-9-/t17-,19+,34?/m0/s1. The van der Waals surface area contributed by atoms with Crippen LogP contribution in [0.5, 0.6) is 0 Å². The Labute approximate surface area is 213 Å². The molecule has 3 atom stereocenters. The van der Waals surface area contributed by atoms with E-state index >= 15 is 0 Å². The number of hydrogen-bond acceptors (Lipinski definition) is 10. The molecule has 35 heavy (non-hydrogen) atoms. The highest BCUT2D eigenvalue weighted by atomic mass is 32.2. The van der Waals surface area contributed by atoms with E-state index in [0.717, 1.165) is 12.8 Å². The number of amides is 1. The highest BCUT2D eigenvalue weighted by Crippen LogP contribution is 2.35. The lowest BCUT2D eigenvalue weighted by molar-refractivity contribution is -0.145. The van der Waals surface area contributed by atoms with Gasteiger partial charge in [0.2, 0.25) is 6.41 Å². The molecular weight excluding hydrogens is 495 g/mol. The number of amidine groups is 1. The second-order valence-corrected chi connectivity index (χ2v) is 11.5. The Bertz CT molecular complexity index is 746. The molecule has 0 aromatic carbocycles. The van der Waals surface area contributed by atoms with Gasteiger partial charge in [-0.3, -0.25) is 14.4 Å². The first-order chi connectivity index (χ1) is 16.4. The number of nitrogens with two attached hydrogens (primary N) is 1. The van der Waals surface area contributed by atoms with E-state index in [0.29, 0.717) is 12.2 Å². The van der Waals surface area contributed by atoms with Crippen molar-refractivity contribution >= 4 is 43.6 Å². The Kier molecular flexibility index (Phi) is 14.6. The Morgan fingerprint density at radius 1 is 1.31 bits per heavy atom. The van der Waals surface area contributed by atoms with Gasteiger partial charge < -0.3 is 29.2 Å². The maximum absolute atomic E-state index is 12.1. The molecular formula is C22H39N4O7PS. The predicted molar refractivity (Wildman–Crippen MR) is 137 cm³/mol. The number of nitrogens with one attached hydrogen (secondary N) is 1. The molecule has 0 saturated carbocycles.